The van der Waals surface area contributed by atoms with E-state index in [-0.39, 0.29) is 5.91 Å². The third-order valence-electron chi connectivity index (χ3n) is 6.45. The van der Waals surface area contributed by atoms with Crippen molar-refractivity contribution >= 4 is 22.6 Å². The number of aromatic nitrogens is 2. The SMILES string of the molecule is O=C(CCN(c1nc(C2CC2)nc2ccccc12)C1CCCCC1)NCc1ccco1. The first-order chi connectivity index (χ1) is 15.3. The normalized spacial score (nSPS) is 17.0. The van der Waals surface area contributed by atoms with Crippen molar-refractivity contribution in [2.45, 2.75) is 69.9 Å². The monoisotopic (exact) mass is 418 g/mol. The van der Waals surface area contributed by atoms with Gasteiger partial charge in [-0.05, 0) is 49.9 Å². The van der Waals surface area contributed by atoms with E-state index in [2.05, 4.69) is 28.4 Å². The second-order valence-corrected chi connectivity index (χ2v) is 8.79. The van der Waals surface area contributed by atoms with Gasteiger partial charge in [-0.2, -0.15) is 0 Å². The maximum atomic E-state index is 12.6. The molecule has 2 saturated carbocycles. The van der Waals surface area contributed by atoms with Gasteiger partial charge in [-0.15, -0.1) is 0 Å². The molecule has 1 amide bonds. The van der Waals surface area contributed by atoms with E-state index in [1.54, 1.807) is 6.26 Å². The van der Waals surface area contributed by atoms with E-state index in [4.69, 9.17) is 14.4 Å². The van der Waals surface area contributed by atoms with Gasteiger partial charge in [0.15, 0.2) is 0 Å². The number of fused-ring (bicyclic) bond motifs is 1. The van der Waals surface area contributed by atoms with Gasteiger partial charge >= 0.3 is 0 Å². The Bertz CT molecular complexity index is 1020. The number of para-hydroxylation sites is 1. The molecule has 2 fully saturated rings. The molecule has 0 unspecified atom stereocenters. The molecule has 1 aromatic carbocycles. The van der Waals surface area contributed by atoms with Crippen molar-refractivity contribution < 1.29 is 9.21 Å². The zero-order chi connectivity index (χ0) is 21.0. The van der Waals surface area contributed by atoms with Gasteiger partial charge < -0.3 is 14.6 Å². The molecule has 0 atom stereocenters. The average Bonchev–Trinajstić information content (AvgIpc) is 3.54. The zero-order valence-corrected chi connectivity index (χ0v) is 17.9. The number of rotatable bonds is 8. The van der Waals surface area contributed by atoms with Crippen LogP contribution in [0.2, 0.25) is 0 Å². The Kier molecular flexibility index (Phi) is 5.87. The summed E-state index contributed by atoms with van der Waals surface area (Å²) in [6.45, 7) is 1.09. The molecule has 0 saturated heterocycles. The van der Waals surface area contributed by atoms with Crippen LogP contribution >= 0.6 is 0 Å². The van der Waals surface area contributed by atoms with Crippen LogP contribution in [0.4, 0.5) is 5.82 Å². The molecule has 0 bridgehead atoms. The molecule has 3 aromatic rings. The number of benzene rings is 1. The fraction of sp³-hybridized carbons (Fsp3) is 0.480. The van der Waals surface area contributed by atoms with Crippen LogP contribution < -0.4 is 10.2 Å². The van der Waals surface area contributed by atoms with Crippen molar-refractivity contribution in [1.29, 1.82) is 0 Å². The first-order valence-electron chi connectivity index (χ1n) is 11.6. The van der Waals surface area contributed by atoms with E-state index in [0.717, 1.165) is 41.1 Å². The number of amides is 1. The summed E-state index contributed by atoms with van der Waals surface area (Å²) in [6.07, 6.45) is 10.5. The van der Waals surface area contributed by atoms with E-state index >= 15 is 0 Å². The molecular weight excluding hydrogens is 388 g/mol. The maximum absolute atomic E-state index is 12.6. The van der Waals surface area contributed by atoms with Crippen LogP contribution in [-0.2, 0) is 11.3 Å². The number of hydrogen-bond donors (Lipinski definition) is 1. The van der Waals surface area contributed by atoms with Gasteiger partial charge in [0.2, 0.25) is 5.91 Å². The van der Waals surface area contributed by atoms with Crippen LogP contribution in [0.3, 0.4) is 0 Å². The molecule has 0 aliphatic heterocycles. The average molecular weight is 419 g/mol. The minimum atomic E-state index is 0.0398. The smallest absolute Gasteiger partial charge is 0.222 e. The number of carbonyl (C=O) groups excluding carboxylic acids is 1. The molecule has 2 aromatic heterocycles. The van der Waals surface area contributed by atoms with Crippen molar-refractivity contribution in [2.75, 3.05) is 11.4 Å². The third-order valence-corrected chi connectivity index (χ3v) is 6.45. The largest absolute Gasteiger partial charge is 0.467 e. The summed E-state index contributed by atoms with van der Waals surface area (Å²) in [5, 5.41) is 4.07. The lowest BCUT2D eigenvalue weighted by Gasteiger charge is -2.36. The van der Waals surface area contributed by atoms with Crippen LogP contribution in [0.5, 0.6) is 0 Å². The van der Waals surface area contributed by atoms with E-state index < -0.39 is 0 Å². The summed E-state index contributed by atoms with van der Waals surface area (Å²) < 4.78 is 5.32. The number of hydrogen-bond acceptors (Lipinski definition) is 5. The summed E-state index contributed by atoms with van der Waals surface area (Å²) in [4.78, 5) is 24.9. The summed E-state index contributed by atoms with van der Waals surface area (Å²) >= 11 is 0. The minimum absolute atomic E-state index is 0.0398. The lowest BCUT2D eigenvalue weighted by Crippen LogP contribution is -2.40. The molecule has 6 nitrogen and oxygen atoms in total. The number of anilines is 1. The van der Waals surface area contributed by atoms with Crippen molar-refractivity contribution in [1.82, 2.24) is 15.3 Å². The molecule has 2 aliphatic carbocycles. The maximum Gasteiger partial charge on any atom is 0.222 e. The van der Waals surface area contributed by atoms with Gasteiger partial charge in [-0.25, -0.2) is 9.97 Å². The van der Waals surface area contributed by atoms with E-state index in [9.17, 15) is 4.79 Å². The van der Waals surface area contributed by atoms with Gasteiger partial charge in [0, 0.05) is 30.3 Å². The second kappa shape index (κ2) is 9.08. The number of furan rings is 1. The summed E-state index contributed by atoms with van der Waals surface area (Å²) in [7, 11) is 0. The standard InChI is InChI=1S/C25H30N4O2/c30-23(26-17-20-9-6-16-31-20)14-15-29(19-7-2-1-3-8-19)25-21-10-4-5-11-22(21)27-24(28-25)18-12-13-18/h4-6,9-11,16,18-19H,1-3,7-8,12-15,17H2,(H,26,30). The fourth-order valence-corrected chi connectivity index (χ4v) is 4.58. The first-order valence-corrected chi connectivity index (χ1v) is 11.6. The van der Waals surface area contributed by atoms with Crippen LogP contribution in [0.1, 0.15) is 68.9 Å². The number of nitrogens with one attached hydrogen (secondary N) is 1. The second-order valence-electron chi connectivity index (χ2n) is 8.79. The highest BCUT2D eigenvalue weighted by Gasteiger charge is 2.30. The molecule has 2 aliphatic rings. The molecule has 31 heavy (non-hydrogen) atoms. The lowest BCUT2D eigenvalue weighted by atomic mass is 9.93. The summed E-state index contributed by atoms with van der Waals surface area (Å²) in [5.74, 6) is 3.29. The summed E-state index contributed by atoms with van der Waals surface area (Å²) in [5.41, 5.74) is 1.01. The van der Waals surface area contributed by atoms with E-state index in [1.807, 2.05) is 18.2 Å². The van der Waals surface area contributed by atoms with Crippen LogP contribution in [0.15, 0.2) is 47.1 Å². The molecule has 0 radical (unpaired) electrons. The molecular formula is C25H30N4O2. The van der Waals surface area contributed by atoms with Crippen molar-refractivity contribution in [3.8, 4) is 0 Å². The van der Waals surface area contributed by atoms with Crippen LogP contribution in [0, 0.1) is 0 Å². The number of nitrogens with zero attached hydrogens (tertiary/aromatic N) is 3. The molecule has 2 heterocycles. The minimum Gasteiger partial charge on any atom is -0.467 e. The van der Waals surface area contributed by atoms with Crippen molar-refractivity contribution in [3.05, 3.63) is 54.2 Å². The Hall–Kier alpha value is -2.89. The highest BCUT2D eigenvalue weighted by atomic mass is 16.3. The lowest BCUT2D eigenvalue weighted by molar-refractivity contribution is -0.121. The molecule has 1 N–H and O–H groups in total. The highest BCUT2D eigenvalue weighted by molar-refractivity contribution is 5.90. The van der Waals surface area contributed by atoms with Crippen LogP contribution in [0.25, 0.3) is 10.9 Å². The molecule has 6 heteroatoms. The predicted molar refractivity (Wildman–Crippen MR) is 121 cm³/mol. The Morgan fingerprint density at radius 2 is 1.87 bits per heavy atom. The van der Waals surface area contributed by atoms with Crippen LogP contribution in [-0.4, -0.2) is 28.5 Å². The van der Waals surface area contributed by atoms with Gasteiger partial charge in [-0.3, -0.25) is 4.79 Å². The Morgan fingerprint density at radius 3 is 2.65 bits per heavy atom. The quantitative estimate of drug-likeness (QED) is 0.561. The van der Waals surface area contributed by atoms with Gasteiger partial charge in [0.1, 0.15) is 17.4 Å². The van der Waals surface area contributed by atoms with Gasteiger partial charge in [-0.1, -0.05) is 31.4 Å². The van der Waals surface area contributed by atoms with Gasteiger partial charge in [0.05, 0.1) is 18.3 Å². The van der Waals surface area contributed by atoms with Crippen molar-refractivity contribution in [2.24, 2.45) is 0 Å². The number of carbonyl (C=O) groups is 1. The Balaban J connectivity index is 1.39. The topological polar surface area (TPSA) is 71.3 Å². The predicted octanol–water partition coefficient (Wildman–Crippen LogP) is 4.95. The molecule has 162 valence electrons. The van der Waals surface area contributed by atoms with E-state index in [1.165, 1.54) is 32.1 Å². The van der Waals surface area contributed by atoms with Gasteiger partial charge in [0.25, 0.3) is 0 Å². The zero-order valence-electron chi connectivity index (χ0n) is 17.9. The highest BCUT2D eigenvalue weighted by Crippen LogP contribution is 2.40. The summed E-state index contributed by atoms with van der Waals surface area (Å²) in [6, 6.07) is 12.4. The molecule has 0 spiro atoms. The van der Waals surface area contributed by atoms with E-state index in [0.29, 0.717) is 31.5 Å². The Labute approximate surface area is 183 Å². The van der Waals surface area contributed by atoms with Crippen molar-refractivity contribution in [3.63, 3.8) is 0 Å². The first kappa shape index (κ1) is 20.0. The fourth-order valence-electron chi connectivity index (χ4n) is 4.58. The molecule has 5 rings (SSSR count). The third kappa shape index (κ3) is 4.73. The Morgan fingerprint density at radius 1 is 1.03 bits per heavy atom.